The summed E-state index contributed by atoms with van der Waals surface area (Å²) in [4.78, 5) is 15.4. The van der Waals surface area contributed by atoms with Crippen LogP contribution >= 0.6 is 11.3 Å². The van der Waals surface area contributed by atoms with Crippen molar-refractivity contribution in [3.05, 3.63) is 18.2 Å². The van der Waals surface area contributed by atoms with Crippen LogP contribution in [0.2, 0.25) is 0 Å². The van der Waals surface area contributed by atoms with E-state index in [1.54, 1.807) is 7.11 Å². The smallest absolute Gasteiger partial charge is 0.239 e. The van der Waals surface area contributed by atoms with Crippen LogP contribution in [0.4, 0.5) is 5.13 Å². The third-order valence-electron chi connectivity index (χ3n) is 2.03. The fraction of sp³-hybridized carbons (Fsp3) is 0.200. The maximum Gasteiger partial charge on any atom is 0.239 e. The number of carbonyl (C=O) groups excluding carboxylic acids is 1. The molecule has 1 heterocycles. The molecule has 0 aliphatic rings. The summed E-state index contributed by atoms with van der Waals surface area (Å²) in [5, 5.41) is 3.16. The molecule has 0 aliphatic heterocycles. The van der Waals surface area contributed by atoms with Crippen molar-refractivity contribution in [1.29, 1.82) is 0 Å². The Kier molecular flexibility index (Phi) is 3.02. The largest absolute Gasteiger partial charge is 0.494 e. The van der Waals surface area contributed by atoms with Gasteiger partial charge in [0.05, 0.1) is 18.4 Å². The first kappa shape index (κ1) is 10.8. The van der Waals surface area contributed by atoms with Crippen molar-refractivity contribution in [2.75, 3.05) is 19.0 Å². The van der Waals surface area contributed by atoms with E-state index in [0.29, 0.717) is 10.9 Å². The van der Waals surface area contributed by atoms with Gasteiger partial charge in [-0.15, -0.1) is 0 Å². The third kappa shape index (κ3) is 1.98. The molecule has 16 heavy (non-hydrogen) atoms. The van der Waals surface area contributed by atoms with Crippen LogP contribution in [0, 0.1) is 0 Å². The number of ether oxygens (including phenoxy) is 1. The monoisotopic (exact) mass is 237 g/mol. The van der Waals surface area contributed by atoms with E-state index in [2.05, 4.69) is 10.3 Å². The minimum atomic E-state index is -0.252. The lowest BCUT2D eigenvalue weighted by Crippen LogP contribution is -2.21. The number of nitrogens with one attached hydrogen (secondary N) is 1. The second-order valence-electron chi connectivity index (χ2n) is 3.08. The van der Waals surface area contributed by atoms with Crippen molar-refractivity contribution in [3.8, 4) is 5.75 Å². The molecule has 0 bridgehead atoms. The number of carbonyl (C=O) groups is 1. The number of anilines is 1. The number of hydrogen-bond donors (Lipinski definition) is 2. The highest BCUT2D eigenvalue weighted by atomic mass is 32.1. The van der Waals surface area contributed by atoms with Crippen LogP contribution in [0.5, 0.6) is 5.75 Å². The maximum absolute atomic E-state index is 11.1. The quantitative estimate of drug-likeness (QED) is 0.841. The minimum absolute atomic E-state index is 0.0486. The fourth-order valence-electron chi connectivity index (χ4n) is 1.31. The number of thiazole rings is 1. The van der Waals surface area contributed by atoms with E-state index in [4.69, 9.17) is 10.5 Å². The van der Waals surface area contributed by atoms with E-state index in [1.807, 2.05) is 18.2 Å². The highest BCUT2D eigenvalue weighted by Gasteiger charge is 2.09. The van der Waals surface area contributed by atoms with E-state index in [-0.39, 0.29) is 12.5 Å². The highest BCUT2D eigenvalue weighted by Crippen LogP contribution is 2.31. The number of hydrogen-bond acceptors (Lipinski definition) is 5. The molecule has 0 saturated carbocycles. The van der Waals surface area contributed by atoms with Crippen molar-refractivity contribution >= 4 is 32.6 Å². The molecule has 2 rings (SSSR count). The summed E-state index contributed by atoms with van der Waals surface area (Å²) in [6, 6.07) is 5.64. The van der Waals surface area contributed by atoms with Gasteiger partial charge in [0.15, 0.2) is 5.13 Å². The summed E-state index contributed by atoms with van der Waals surface area (Å²) < 4.78 is 6.14. The lowest BCUT2D eigenvalue weighted by Gasteiger charge is -1.98. The second-order valence-corrected chi connectivity index (χ2v) is 4.11. The van der Waals surface area contributed by atoms with Crippen LogP contribution < -0.4 is 15.8 Å². The first-order valence-electron chi connectivity index (χ1n) is 4.68. The van der Waals surface area contributed by atoms with Crippen LogP contribution in [-0.2, 0) is 4.79 Å². The van der Waals surface area contributed by atoms with Gasteiger partial charge in [-0.3, -0.25) is 4.79 Å². The molecule has 0 radical (unpaired) electrons. The molecule has 3 N–H and O–H groups in total. The van der Waals surface area contributed by atoms with Crippen LogP contribution in [0.1, 0.15) is 0 Å². The SMILES string of the molecule is COc1cccc2sc(NC(=O)CN)nc12. The van der Waals surface area contributed by atoms with Gasteiger partial charge in [0.1, 0.15) is 11.3 Å². The number of amides is 1. The molecule has 1 aromatic heterocycles. The molecule has 0 saturated heterocycles. The van der Waals surface area contributed by atoms with Crippen LogP contribution in [0.25, 0.3) is 10.2 Å². The molecule has 84 valence electrons. The van der Waals surface area contributed by atoms with Gasteiger partial charge in [-0.25, -0.2) is 4.98 Å². The number of aromatic nitrogens is 1. The average molecular weight is 237 g/mol. The lowest BCUT2D eigenvalue weighted by molar-refractivity contribution is -0.114. The van der Waals surface area contributed by atoms with Crippen LogP contribution in [0.3, 0.4) is 0 Å². The zero-order chi connectivity index (χ0) is 11.5. The summed E-state index contributed by atoms with van der Waals surface area (Å²) in [7, 11) is 1.59. The Bertz CT molecular complexity index is 524. The Labute approximate surface area is 96.2 Å². The lowest BCUT2D eigenvalue weighted by atomic mass is 10.3. The van der Waals surface area contributed by atoms with Gasteiger partial charge in [-0.1, -0.05) is 17.4 Å². The standard InChI is InChI=1S/C10H11N3O2S/c1-15-6-3-2-4-7-9(6)13-10(16-7)12-8(14)5-11/h2-4H,5,11H2,1H3,(H,12,13,14). The van der Waals surface area contributed by atoms with Crippen molar-refractivity contribution in [2.45, 2.75) is 0 Å². The number of fused-ring (bicyclic) bond motifs is 1. The van der Waals surface area contributed by atoms with Crippen molar-refractivity contribution < 1.29 is 9.53 Å². The van der Waals surface area contributed by atoms with Crippen LogP contribution in [0.15, 0.2) is 18.2 Å². The summed E-state index contributed by atoms with van der Waals surface area (Å²) >= 11 is 1.39. The number of methoxy groups -OCH3 is 1. The van der Waals surface area contributed by atoms with Gasteiger partial charge >= 0.3 is 0 Å². The molecule has 1 aromatic carbocycles. The topological polar surface area (TPSA) is 77.2 Å². The van der Waals surface area contributed by atoms with E-state index in [9.17, 15) is 4.79 Å². The van der Waals surface area contributed by atoms with Gasteiger partial charge in [0, 0.05) is 0 Å². The van der Waals surface area contributed by atoms with Crippen molar-refractivity contribution in [3.63, 3.8) is 0 Å². The summed E-state index contributed by atoms with van der Waals surface area (Å²) in [6.07, 6.45) is 0. The first-order valence-corrected chi connectivity index (χ1v) is 5.49. The zero-order valence-electron chi connectivity index (χ0n) is 8.69. The molecule has 0 spiro atoms. The molecular weight excluding hydrogens is 226 g/mol. The molecule has 0 fully saturated rings. The Morgan fingerprint density at radius 3 is 3.12 bits per heavy atom. The summed E-state index contributed by atoms with van der Waals surface area (Å²) in [5.74, 6) is 0.444. The second kappa shape index (κ2) is 4.46. The Morgan fingerprint density at radius 1 is 1.62 bits per heavy atom. The van der Waals surface area contributed by atoms with E-state index in [0.717, 1.165) is 10.2 Å². The Hall–Kier alpha value is -1.66. The number of para-hydroxylation sites is 1. The predicted octanol–water partition coefficient (Wildman–Crippen LogP) is 1.20. The highest BCUT2D eigenvalue weighted by molar-refractivity contribution is 7.22. The van der Waals surface area contributed by atoms with Crippen LogP contribution in [-0.4, -0.2) is 24.5 Å². The number of rotatable bonds is 3. The molecular formula is C10H11N3O2S. The van der Waals surface area contributed by atoms with Crippen molar-refractivity contribution in [1.82, 2.24) is 4.98 Å². The molecule has 0 atom stereocenters. The molecule has 0 unspecified atom stereocenters. The molecule has 2 aromatic rings. The minimum Gasteiger partial charge on any atom is -0.494 e. The normalized spacial score (nSPS) is 10.4. The van der Waals surface area contributed by atoms with Gasteiger partial charge < -0.3 is 15.8 Å². The number of nitrogens with zero attached hydrogens (tertiary/aromatic N) is 1. The summed E-state index contributed by atoms with van der Waals surface area (Å²) in [5.41, 5.74) is 5.96. The molecule has 0 aliphatic carbocycles. The predicted molar refractivity (Wildman–Crippen MR) is 63.9 cm³/mol. The third-order valence-corrected chi connectivity index (χ3v) is 2.97. The average Bonchev–Trinajstić information content (AvgIpc) is 2.70. The molecule has 6 heteroatoms. The summed E-state index contributed by atoms with van der Waals surface area (Å²) in [6.45, 7) is -0.0486. The Morgan fingerprint density at radius 2 is 2.44 bits per heavy atom. The Balaban J connectivity index is 2.39. The van der Waals surface area contributed by atoms with E-state index < -0.39 is 0 Å². The maximum atomic E-state index is 11.1. The van der Waals surface area contributed by atoms with Gasteiger partial charge in [0.25, 0.3) is 0 Å². The van der Waals surface area contributed by atoms with E-state index >= 15 is 0 Å². The molecule has 1 amide bonds. The molecule has 5 nitrogen and oxygen atoms in total. The number of benzene rings is 1. The van der Waals surface area contributed by atoms with E-state index in [1.165, 1.54) is 11.3 Å². The van der Waals surface area contributed by atoms with Gasteiger partial charge in [0.2, 0.25) is 5.91 Å². The van der Waals surface area contributed by atoms with Gasteiger partial charge in [-0.2, -0.15) is 0 Å². The zero-order valence-corrected chi connectivity index (χ0v) is 9.50. The van der Waals surface area contributed by atoms with Gasteiger partial charge in [-0.05, 0) is 12.1 Å². The fourth-order valence-corrected chi connectivity index (χ4v) is 2.21. The number of nitrogens with two attached hydrogens (primary N) is 1. The first-order chi connectivity index (χ1) is 7.74. The van der Waals surface area contributed by atoms with Crippen molar-refractivity contribution in [2.24, 2.45) is 5.73 Å².